The van der Waals surface area contributed by atoms with E-state index < -0.39 is 11.7 Å². The molecule has 0 unspecified atom stereocenters. The molecule has 8 nitrogen and oxygen atoms in total. The second-order valence-corrected chi connectivity index (χ2v) is 10.4. The fourth-order valence-corrected chi connectivity index (χ4v) is 4.18. The lowest BCUT2D eigenvalue weighted by atomic mass is 10.1. The molecule has 0 atom stereocenters. The van der Waals surface area contributed by atoms with Gasteiger partial charge in [-0.1, -0.05) is 17.7 Å². The molecule has 3 amide bonds. The molecule has 0 radical (unpaired) electrons. The highest BCUT2D eigenvalue weighted by molar-refractivity contribution is 6.30. The average Bonchev–Trinajstić information content (AvgIpc) is 2.83. The zero-order chi connectivity index (χ0) is 26.9. The minimum Gasteiger partial charge on any atom is -0.497 e. The summed E-state index contributed by atoms with van der Waals surface area (Å²) in [5.41, 5.74) is 3.21. The van der Waals surface area contributed by atoms with Crippen LogP contribution in [-0.4, -0.2) is 41.8 Å². The second-order valence-electron chi connectivity index (χ2n) is 9.94. The van der Waals surface area contributed by atoms with Crippen LogP contribution in [-0.2, 0) is 17.8 Å². The third kappa shape index (κ3) is 5.80. The number of methoxy groups -OCH3 is 1. The Bertz CT molecular complexity index is 1320. The quantitative estimate of drug-likeness (QED) is 0.373. The number of benzene rings is 2. The first-order valence-electron chi connectivity index (χ1n) is 11.9. The molecule has 9 heteroatoms. The average molecular weight is 523 g/mol. The van der Waals surface area contributed by atoms with Crippen molar-refractivity contribution in [3.8, 4) is 5.75 Å². The van der Waals surface area contributed by atoms with Crippen molar-refractivity contribution in [3.63, 3.8) is 0 Å². The van der Waals surface area contributed by atoms with E-state index in [1.807, 2.05) is 52.0 Å². The molecule has 3 aromatic rings. The van der Waals surface area contributed by atoms with Crippen LogP contribution in [0.4, 0.5) is 26.8 Å². The summed E-state index contributed by atoms with van der Waals surface area (Å²) >= 11 is 6.06. The smallest absolute Gasteiger partial charge is 0.416 e. The minimum atomic E-state index is -0.684. The molecular weight excluding hydrogens is 492 g/mol. The molecular formula is C28H31ClN4O4. The number of carbonyl (C=O) groups is 2. The van der Waals surface area contributed by atoms with Crippen molar-refractivity contribution in [3.05, 3.63) is 76.4 Å². The highest BCUT2D eigenvalue weighted by Gasteiger charge is 2.32. The summed E-state index contributed by atoms with van der Waals surface area (Å²) in [5.74, 6) is 1.17. The molecule has 0 N–H and O–H groups in total. The molecule has 4 rings (SSSR count). The Labute approximate surface area is 222 Å². The van der Waals surface area contributed by atoms with E-state index in [0.717, 1.165) is 16.9 Å². The predicted molar refractivity (Wildman–Crippen MR) is 145 cm³/mol. The lowest BCUT2D eigenvalue weighted by Gasteiger charge is -2.35. The number of carbonyl (C=O) groups excluding carboxylic acids is 2. The number of aromatic nitrogens is 1. The maximum Gasteiger partial charge on any atom is 0.416 e. The van der Waals surface area contributed by atoms with Gasteiger partial charge in [-0.2, -0.15) is 0 Å². The third-order valence-corrected chi connectivity index (χ3v) is 6.19. The Morgan fingerprint density at radius 3 is 2.43 bits per heavy atom. The monoisotopic (exact) mass is 522 g/mol. The summed E-state index contributed by atoms with van der Waals surface area (Å²) in [7, 11) is 3.34. The normalized spacial score (nSPS) is 13.3. The maximum atomic E-state index is 13.4. The van der Waals surface area contributed by atoms with E-state index in [-0.39, 0.29) is 12.6 Å². The van der Waals surface area contributed by atoms with E-state index in [4.69, 9.17) is 26.1 Å². The fraction of sp³-hybridized carbons (Fsp3) is 0.321. The van der Waals surface area contributed by atoms with Gasteiger partial charge in [-0.25, -0.2) is 14.6 Å². The number of nitrogens with zero attached hydrogens (tertiary/aromatic N) is 4. The minimum absolute atomic E-state index is 0.178. The molecule has 2 aromatic carbocycles. The molecule has 0 fully saturated rings. The molecule has 1 aliphatic rings. The van der Waals surface area contributed by atoms with Crippen LogP contribution in [0.3, 0.4) is 0 Å². The van der Waals surface area contributed by atoms with E-state index in [1.54, 1.807) is 54.3 Å². The van der Waals surface area contributed by atoms with Gasteiger partial charge in [0.2, 0.25) is 0 Å². The van der Waals surface area contributed by atoms with E-state index in [1.165, 1.54) is 4.90 Å². The van der Waals surface area contributed by atoms with Crippen molar-refractivity contribution in [1.29, 1.82) is 0 Å². The fourth-order valence-electron chi connectivity index (χ4n) is 4.06. The molecule has 37 heavy (non-hydrogen) atoms. The first kappa shape index (κ1) is 26.3. The molecule has 1 aromatic heterocycles. The van der Waals surface area contributed by atoms with Gasteiger partial charge in [0.15, 0.2) is 0 Å². The van der Waals surface area contributed by atoms with E-state index >= 15 is 0 Å². The summed E-state index contributed by atoms with van der Waals surface area (Å²) in [6.07, 6.45) is -0.509. The van der Waals surface area contributed by atoms with Crippen LogP contribution in [0.15, 0.2) is 54.6 Å². The van der Waals surface area contributed by atoms with Crippen molar-refractivity contribution < 1.29 is 19.1 Å². The molecule has 0 spiro atoms. The maximum absolute atomic E-state index is 13.4. The number of hydrogen-bond acceptors (Lipinski definition) is 5. The van der Waals surface area contributed by atoms with Crippen LogP contribution >= 0.6 is 11.6 Å². The third-order valence-electron chi connectivity index (χ3n) is 5.93. The van der Waals surface area contributed by atoms with Gasteiger partial charge in [-0.3, -0.25) is 9.80 Å². The number of aryl methyl sites for hydroxylation is 1. The lowest BCUT2D eigenvalue weighted by Crippen LogP contribution is -2.43. The lowest BCUT2D eigenvalue weighted by molar-refractivity contribution is 0.0576. The topological polar surface area (TPSA) is 75.2 Å². The summed E-state index contributed by atoms with van der Waals surface area (Å²) in [4.78, 5) is 36.0. The highest BCUT2D eigenvalue weighted by Crippen LogP contribution is 2.36. The van der Waals surface area contributed by atoms with Crippen LogP contribution < -0.4 is 14.5 Å². The highest BCUT2D eigenvalue weighted by atomic mass is 35.5. The molecule has 0 aliphatic carbocycles. The first-order valence-corrected chi connectivity index (χ1v) is 12.3. The molecule has 0 bridgehead atoms. The van der Waals surface area contributed by atoms with Gasteiger partial charge < -0.3 is 14.4 Å². The largest absolute Gasteiger partial charge is 0.497 e. The molecule has 1 aliphatic heterocycles. The zero-order valence-electron chi connectivity index (χ0n) is 21.9. The van der Waals surface area contributed by atoms with Crippen molar-refractivity contribution >= 4 is 40.9 Å². The number of ether oxygens (including phenoxy) is 2. The van der Waals surface area contributed by atoms with Gasteiger partial charge in [-0.15, -0.1) is 0 Å². The van der Waals surface area contributed by atoms with Crippen molar-refractivity contribution in [1.82, 2.24) is 9.88 Å². The van der Waals surface area contributed by atoms with E-state index in [9.17, 15) is 9.59 Å². The number of rotatable bonds is 5. The first-order chi connectivity index (χ1) is 17.5. The van der Waals surface area contributed by atoms with Crippen LogP contribution in [0.25, 0.3) is 0 Å². The number of urea groups is 1. The Kier molecular flexibility index (Phi) is 7.32. The molecule has 2 heterocycles. The SMILES string of the molecule is COc1ccc(CN(C(=O)OC(C)(C)C)c2ccc3c(n2)CN(C)C(=O)N3c2ccc(Cl)cc2)c(C)c1. The van der Waals surface area contributed by atoms with Crippen LogP contribution in [0.2, 0.25) is 5.02 Å². The standard InChI is InChI=1S/C28H31ClN4O4/c1-18-15-22(36-6)12-7-19(18)16-32(27(35)37-28(2,3)4)25-14-13-24-23(30-25)17-31(5)26(34)33(24)21-10-8-20(29)9-11-21/h7-15H,16-17H2,1-6H3. The number of amides is 3. The molecule has 0 saturated carbocycles. The van der Waals surface area contributed by atoms with Crippen LogP contribution in [0.1, 0.15) is 37.6 Å². The number of hydrogen-bond donors (Lipinski definition) is 0. The summed E-state index contributed by atoms with van der Waals surface area (Å²) in [6, 6.07) is 16.1. The Hall–Kier alpha value is -3.78. The van der Waals surface area contributed by atoms with Gasteiger partial charge in [0.1, 0.15) is 17.2 Å². The number of fused-ring (bicyclic) bond motifs is 1. The number of halogens is 1. The molecule has 0 saturated heterocycles. The zero-order valence-corrected chi connectivity index (χ0v) is 22.7. The predicted octanol–water partition coefficient (Wildman–Crippen LogP) is 6.70. The van der Waals surface area contributed by atoms with Gasteiger partial charge >= 0.3 is 12.1 Å². The molecule has 194 valence electrons. The van der Waals surface area contributed by atoms with E-state index in [2.05, 4.69) is 0 Å². The summed E-state index contributed by atoms with van der Waals surface area (Å²) < 4.78 is 11.1. The second kappa shape index (κ2) is 10.3. The Morgan fingerprint density at radius 2 is 1.81 bits per heavy atom. The summed E-state index contributed by atoms with van der Waals surface area (Å²) in [5, 5.41) is 0.581. The number of pyridine rings is 1. The van der Waals surface area contributed by atoms with Crippen molar-refractivity contribution in [2.24, 2.45) is 0 Å². The van der Waals surface area contributed by atoms with Gasteiger partial charge in [-0.05, 0) is 87.4 Å². The summed E-state index contributed by atoms with van der Waals surface area (Å²) in [6.45, 7) is 8.00. The van der Waals surface area contributed by atoms with Gasteiger partial charge in [0.25, 0.3) is 0 Å². The Morgan fingerprint density at radius 1 is 1.11 bits per heavy atom. The van der Waals surface area contributed by atoms with Crippen LogP contribution in [0.5, 0.6) is 5.75 Å². The number of anilines is 3. The van der Waals surface area contributed by atoms with Crippen molar-refractivity contribution in [2.75, 3.05) is 24.0 Å². The van der Waals surface area contributed by atoms with Crippen LogP contribution in [0, 0.1) is 6.92 Å². The Balaban J connectivity index is 1.75. The van der Waals surface area contributed by atoms with Gasteiger partial charge in [0, 0.05) is 12.1 Å². The van der Waals surface area contributed by atoms with Gasteiger partial charge in [0.05, 0.1) is 37.3 Å². The van der Waals surface area contributed by atoms with E-state index in [0.29, 0.717) is 34.5 Å². The van der Waals surface area contributed by atoms with Crippen molar-refractivity contribution in [2.45, 2.75) is 46.4 Å².